The van der Waals surface area contributed by atoms with Crippen LogP contribution in [0.5, 0.6) is 0 Å². The fourth-order valence-electron chi connectivity index (χ4n) is 5.55. The topological polar surface area (TPSA) is 38.9 Å². The van der Waals surface area contributed by atoms with Crippen molar-refractivity contribution in [2.45, 2.75) is 60.1 Å². The zero-order chi connectivity index (χ0) is 39.1. The van der Waals surface area contributed by atoms with Gasteiger partial charge in [0, 0.05) is 50.6 Å². The first-order valence-electron chi connectivity index (χ1n) is 18.9. The van der Waals surface area contributed by atoms with Gasteiger partial charge in [-0.1, -0.05) is 106 Å². The minimum Gasteiger partial charge on any atom is -0.500 e. The number of furan rings is 1. The summed E-state index contributed by atoms with van der Waals surface area (Å²) in [5.41, 5.74) is 5.66. The molecule has 3 nitrogen and oxygen atoms in total. The van der Waals surface area contributed by atoms with Crippen LogP contribution >= 0.6 is 0 Å². The Hall–Kier alpha value is -4.22. The van der Waals surface area contributed by atoms with Crippen molar-refractivity contribution < 1.29 is 35.8 Å². The van der Waals surface area contributed by atoms with Gasteiger partial charge in [0.1, 0.15) is 5.58 Å². The molecule has 0 spiro atoms. The number of nitrogens with zero attached hydrogens (tertiary/aromatic N) is 2. The van der Waals surface area contributed by atoms with Crippen LogP contribution in [0.3, 0.4) is 0 Å². The average Bonchev–Trinajstić information content (AvgIpc) is 3.48. The first-order valence-corrected chi connectivity index (χ1v) is 19.9. The summed E-state index contributed by atoms with van der Waals surface area (Å²) in [7, 11) is -1.31. The number of fused-ring (bicyclic) bond motifs is 3. The second-order valence-electron chi connectivity index (χ2n) is 14.3. The molecule has 3 heterocycles. The molecule has 4 aromatic carbocycles. The van der Waals surface area contributed by atoms with Crippen molar-refractivity contribution in [1.29, 1.82) is 0 Å². The molecule has 0 N–H and O–H groups in total. The molecule has 7 aromatic rings. The van der Waals surface area contributed by atoms with Crippen LogP contribution in [0.15, 0.2) is 114 Å². The number of hydrogen-bond donors (Lipinski definition) is 0. The van der Waals surface area contributed by atoms with E-state index in [2.05, 4.69) is 72.1 Å². The molecule has 0 aliphatic rings. The Bertz CT molecular complexity index is 2420. The molecule has 0 amide bonds. The molecule has 0 atom stereocenters. The van der Waals surface area contributed by atoms with Gasteiger partial charge in [0.25, 0.3) is 0 Å². The maximum Gasteiger partial charge on any atom is 0.120 e. The van der Waals surface area contributed by atoms with Gasteiger partial charge < -0.3 is 14.4 Å². The Balaban J connectivity index is 0.000000271. The molecule has 0 saturated carbocycles. The summed E-state index contributed by atoms with van der Waals surface area (Å²) in [6.07, 6.45) is 2.09. The van der Waals surface area contributed by atoms with Crippen molar-refractivity contribution in [2.24, 2.45) is 5.41 Å². The molecule has 7 rings (SSSR count). The van der Waals surface area contributed by atoms with Crippen LogP contribution in [0.1, 0.15) is 49.9 Å². The molecule has 0 aliphatic carbocycles. The monoisotopic (exact) mass is 860 g/mol. The van der Waals surface area contributed by atoms with Crippen LogP contribution in [0.25, 0.3) is 44.5 Å². The van der Waals surface area contributed by atoms with Crippen LogP contribution in [-0.4, -0.2) is 18.0 Å². The number of aromatic nitrogens is 2. The van der Waals surface area contributed by atoms with E-state index < -0.39 is 26.7 Å². The van der Waals surface area contributed by atoms with Gasteiger partial charge in [0.05, 0.1) is 13.7 Å². The quantitative estimate of drug-likeness (QED) is 0.124. The first-order chi connectivity index (χ1) is 25.3. The molecule has 0 aliphatic heterocycles. The van der Waals surface area contributed by atoms with Crippen LogP contribution in [-0.2, 0) is 32.9 Å². The number of rotatable bonds is 6. The fourth-order valence-corrected chi connectivity index (χ4v) is 6.59. The summed E-state index contributed by atoms with van der Waals surface area (Å²) in [5.74, 6) is -0.255. The summed E-state index contributed by atoms with van der Waals surface area (Å²) in [4.78, 5) is 8.82. The molecule has 3 aromatic heterocycles. The van der Waals surface area contributed by atoms with E-state index in [1.807, 2.05) is 42.6 Å². The number of hydrogen-bond acceptors (Lipinski definition) is 3. The SMILES string of the molecule is C[Si](C)(C)c1ccc(-c2[c-]ccc(F)c2)nc1.[2H]C([2H])([2H])c1cnc(-c2[c-]cc3oc4ccc(Cc5ccccc5)cc4c3c2)cc1C([2H])([2H])C(C)(C)C.[Ir]. The molecule has 0 saturated heterocycles. The summed E-state index contributed by atoms with van der Waals surface area (Å²) in [6, 6.07) is 36.4. The van der Waals surface area contributed by atoms with Gasteiger partial charge in [-0.2, -0.15) is 0 Å². The molecular weight excluding hydrogens is 812 g/mol. The molecule has 257 valence electrons. The number of pyridine rings is 2. The molecule has 6 heteroatoms. The van der Waals surface area contributed by atoms with E-state index in [0.717, 1.165) is 34.0 Å². The van der Waals surface area contributed by atoms with E-state index in [-0.39, 0.29) is 37.0 Å². The summed E-state index contributed by atoms with van der Waals surface area (Å²) < 4.78 is 60.6. The molecule has 0 bridgehead atoms. The van der Waals surface area contributed by atoms with Gasteiger partial charge in [0.2, 0.25) is 0 Å². The van der Waals surface area contributed by atoms with Crippen LogP contribution in [0.4, 0.5) is 4.39 Å². The van der Waals surface area contributed by atoms with E-state index in [4.69, 9.17) is 11.3 Å². The van der Waals surface area contributed by atoms with Crippen LogP contribution in [0, 0.1) is 30.2 Å². The van der Waals surface area contributed by atoms with Gasteiger partial charge in [-0.15, -0.1) is 53.6 Å². The van der Waals surface area contributed by atoms with Crippen molar-refractivity contribution in [3.8, 4) is 22.5 Å². The molecule has 50 heavy (non-hydrogen) atoms. The Morgan fingerprint density at radius 3 is 2.22 bits per heavy atom. The normalized spacial score (nSPS) is 13.6. The third-order valence-electron chi connectivity index (χ3n) is 8.08. The van der Waals surface area contributed by atoms with Gasteiger partial charge in [-0.05, 0) is 70.5 Å². The van der Waals surface area contributed by atoms with Gasteiger partial charge in [-0.3, -0.25) is 0 Å². The largest absolute Gasteiger partial charge is 0.500 e. The minimum absolute atomic E-state index is 0. The van der Waals surface area contributed by atoms with Crippen molar-refractivity contribution in [1.82, 2.24) is 9.97 Å². The summed E-state index contributed by atoms with van der Waals surface area (Å²) in [6.45, 7) is 9.63. The summed E-state index contributed by atoms with van der Waals surface area (Å²) in [5, 5.41) is 3.18. The van der Waals surface area contributed by atoms with E-state index in [0.29, 0.717) is 22.4 Å². The predicted molar refractivity (Wildman–Crippen MR) is 204 cm³/mol. The maximum absolute atomic E-state index is 13.1. The van der Waals surface area contributed by atoms with E-state index in [1.165, 1.54) is 29.1 Å². The Morgan fingerprint density at radius 2 is 1.54 bits per heavy atom. The standard InChI is InChI=1S/C30H28NO.C14H15FNSi.Ir/c1-20-19-31-27(17-24(20)18-30(2,3)4)23-11-13-29-26(16-23)25-15-22(10-12-28(25)32-29)14-21-8-6-5-7-9-21;1-17(2,3)13-7-8-14(16-10-13)11-5-4-6-12(15)9-11;/h5-10,12-13,15-17,19H,14,18H2,1-4H3;4,6-10H,1-3H3;/q2*-1;/i1D3,18D2;;. The molecule has 0 fully saturated rings. The second kappa shape index (κ2) is 15.3. The van der Waals surface area contributed by atoms with Crippen molar-refractivity contribution in [3.63, 3.8) is 0 Å². The van der Waals surface area contributed by atoms with E-state index >= 15 is 0 Å². The zero-order valence-corrected chi connectivity index (χ0v) is 32.5. The third kappa shape index (κ3) is 9.11. The molecular formula is C44H43FIrN2OSi-2. The Morgan fingerprint density at radius 1 is 0.800 bits per heavy atom. The second-order valence-corrected chi connectivity index (χ2v) is 19.4. The number of benzene rings is 4. The van der Waals surface area contributed by atoms with E-state index in [9.17, 15) is 4.39 Å². The average molecular weight is 860 g/mol. The Kier molecular flexibility index (Phi) is 9.39. The fraction of sp³-hybridized carbons (Fsp3) is 0.227. The first kappa shape index (κ1) is 30.6. The summed E-state index contributed by atoms with van der Waals surface area (Å²) >= 11 is 0. The maximum atomic E-state index is 13.1. The molecule has 1 radical (unpaired) electrons. The van der Waals surface area contributed by atoms with Crippen molar-refractivity contribution >= 4 is 35.2 Å². The van der Waals surface area contributed by atoms with Crippen molar-refractivity contribution in [2.75, 3.05) is 0 Å². The number of halogens is 1. The van der Waals surface area contributed by atoms with Crippen molar-refractivity contribution in [3.05, 3.63) is 150 Å². The van der Waals surface area contributed by atoms with Gasteiger partial charge in [-0.25, -0.2) is 4.39 Å². The van der Waals surface area contributed by atoms with E-state index in [1.54, 1.807) is 39.0 Å². The van der Waals surface area contributed by atoms with Gasteiger partial charge >= 0.3 is 0 Å². The zero-order valence-electron chi connectivity index (χ0n) is 34.1. The Labute approximate surface area is 317 Å². The van der Waals surface area contributed by atoms with Gasteiger partial charge in [0.15, 0.2) is 0 Å². The van der Waals surface area contributed by atoms with Crippen LogP contribution < -0.4 is 5.19 Å². The van der Waals surface area contributed by atoms with Crippen LogP contribution in [0.2, 0.25) is 19.6 Å². The molecule has 0 unspecified atom stereocenters. The number of aryl methyl sites for hydroxylation is 1. The predicted octanol–water partition coefficient (Wildman–Crippen LogP) is 11.2. The smallest absolute Gasteiger partial charge is 0.120 e. The third-order valence-corrected chi connectivity index (χ3v) is 10.1. The minimum atomic E-state index is -2.48.